The van der Waals surface area contributed by atoms with Crippen molar-refractivity contribution in [3.05, 3.63) is 65.4 Å². The van der Waals surface area contributed by atoms with E-state index in [2.05, 4.69) is 25.1 Å². The normalized spacial score (nSPS) is 16.6. The number of nitrogens with one attached hydrogen (secondary N) is 1. The predicted molar refractivity (Wildman–Crippen MR) is 137 cm³/mol. The van der Waals surface area contributed by atoms with Crippen LogP contribution >= 0.6 is 11.3 Å². The average molecular weight is 517 g/mol. The third kappa shape index (κ3) is 4.77. The van der Waals surface area contributed by atoms with E-state index in [4.69, 9.17) is 9.47 Å². The Balaban J connectivity index is 1.25. The van der Waals surface area contributed by atoms with Gasteiger partial charge in [0, 0.05) is 61.7 Å². The average Bonchev–Trinajstić information content (AvgIpc) is 3.69. The van der Waals surface area contributed by atoms with Gasteiger partial charge < -0.3 is 18.9 Å². The fourth-order valence-corrected chi connectivity index (χ4v) is 5.04. The minimum absolute atomic E-state index is 0.0873. The SMILES string of the molecule is CN1CCC(Oc2cc(Oc3ccc(-c4nnc5n4CCC5)cc3)cc(C(=O)Nc3nccs3)c2)C1=O. The zero-order chi connectivity index (χ0) is 25.4. The second kappa shape index (κ2) is 9.66. The Hall–Kier alpha value is -4.25. The Morgan fingerprint density at radius 3 is 2.68 bits per heavy atom. The number of ether oxygens (including phenoxy) is 2. The Morgan fingerprint density at radius 2 is 1.92 bits per heavy atom. The first kappa shape index (κ1) is 23.2. The molecule has 1 fully saturated rings. The van der Waals surface area contributed by atoms with Gasteiger partial charge >= 0.3 is 0 Å². The van der Waals surface area contributed by atoms with Crippen molar-refractivity contribution in [2.75, 3.05) is 18.9 Å². The van der Waals surface area contributed by atoms with E-state index in [0.29, 0.717) is 40.9 Å². The molecule has 6 rings (SSSR count). The van der Waals surface area contributed by atoms with Gasteiger partial charge in [-0.15, -0.1) is 21.5 Å². The summed E-state index contributed by atoms with van der Waals surface area (Å²) >= 11 is 1.32. The standard InChI is InChI=1S/C26H24N6O4S/c1-31-11-8-21(25(31)34)36-20-14-17(24(33)28-26-27-9-12-37-26)13-19(15-20)35-18-6-4-16(5-7-18)23-30-29-22-3-2-10-32(22)23/h4-7,9,12-15,21H,2-3,8,10-11H2,1H3,(H,27,28,33). The lowest BCUT2D eigenvalue weighted by atomic mass is 10.1. The molecule has 2 aromatic carbocycles. The van der Waals surface area contributed by atoms with Crippen molar-refractivity contribution in [1.82, 2.24) is 24.6 Å². The molecule has 37 heavy (non-hydrogen) atoms. The number of hydrogen-bond donors (Lipinski definition) is 1. The van der Waals surface area contributed by atoms with Crippen LogP contribution in [0.1, 0.15) is 29.0 Å². The lowest BCUT2D eigenvalue weighted by molar-refractivity contribution is -0.132. The van der Waals surface area contributed by atoms with Crippen molar-refractivity contribution in [2.45, 2.75) is 31.9 Å². The molecule has 0 radical (unpaired) electrons. The van der Waals surface area contributed by atoms with Crippen LogP contribution < -0.4 is 14.8 Å². The molecule has 4 aromatic rings. The van der Waals surface area contributed by atoms with E-state index in [1.807, 2.05) is 24.3 Å². The minimum atomic E-state index is -0.598. The number of carbonyl (C=O) groups is 2. The summed E-state index contributed by atoms with van der Waals surface area (Å²) in [6.07, 6.45) is 3.63. The van der Waals surface area contributed by atoms with Crippen LogP contribution in [0.25, 0.3) is 11.4 Å². The minimum Gasteiger partial charge on any atom is -0.480 e. The zero-order valence-corrected chi connectivity index (χ0v) is 20.9. The molecule has 2 aromatic heterocycles. The first-order valence-corrected chi connectivity index (χ1v) is 12.9. The molecule has 0 saturated carbocycles. The van der Waals surface area contributed by atoms with Crippen LogP contribution in [-0.4, -0.2) is 56.2 Å². The highest BCUT2D eigenvalue weighted by atomic mass is 32.1. The molecule has 4 heterocycles. The lowest BCUT2D eigenvalue weighted by Gasteiger charge is -2.15. The van der Waals surface area contributed by atoms with Crippen molar-refractivity contribution in [2.24, 2.45) is 0 Å². The Morgan fingerprint density at radius 1 is 1.08 bits per heavy atom. The van der Waals surface area contributed by atoms with Crippen molar-refractivity contribution in [3.8, 4) is 28.6 Å². The molecule has 1 atom stereocenters. The van der Waals surface area contributed by atoms with Crippen LogP contribution in [0.4, 0.5) is 5.13 Å². The number of likely N-dealkylation sites (tertiary alicyclic amines) is 1. The maximum absolute atomic E-state index is 12.9. The Bertz CT molecular complexity index is 1450. The number of rotatable bonds is 7. The topological polar surface area (TPSA) is 111 Å². The molecular weight excluding hydrogens is 492 g/mol. The Labute approximate surface area is 216 Å². The summed E-state index contributed by atoms with van der Waals surface area (Å²) in [5.74, 6) is 2.81. The summed E-state index contributed by atoms with van der Waals surface area (Å²) in [5.41, 5.74) is 1.29. The molecule has 1 unspecified atom stereocenters. The van der Waals surface area contributed by atoms with Gasteiger partial charge in [0.05, 0.1) is 0 Å². The number of hydrogen-bond acceptors (Lipinski definition) is 8. The number of benzene rings is 2. The molecule has 1 N–H and O–H groups in total. The maximum Gasteiger partial charge on any atom is 0.263 e. The van der Waals surface area contributed by atoms with Crippen LogP contribution in [0.3, 0.4) is 0 Å². The van der Waals surface area contributed by atoms with Gasteiger partial charge in [0.2, 0.25) is 0 Å². The molecule has 0 spiro atoms. The number of aromatic nitrogens is 4. The van der Waals surface area contributed by atoms with Crippen molar-refractivity contribution in [1.29, 1.82) is 0 Å². The van der Waals surface area contributed by atoms with Crippen LogP contribution in [-0.2, 0) is 17.8 Å². The van der Waals surface area contributed by atoms with E-state index in [-0.39, 0.29) is 11.8 Å². The molecule has 10 nitrogen and oxygen atoms in total. The zero-order valence-electron chi connectivity index (χ0n) is 20.1. The van der Waals surface area contributed by atoms with Gasteiger partial charge in [-0.1, -0.05) is 0 Å². The van der Waals surface area contributed by atoms with E-state index in [0.717, 1.165) is 36.6 Å². The number of carbonyl (C=O) groups excluding carboxylic acids is 2. The molecule has 2 amide bonds. The quantitative estimate of drug-likeness (QED) is 0.395. The first-order valence-electron chi connectivity index (χ1n) is 12.0. The van der Waals surface area contributed by atoms with Gasteiger partial charge in [-0.25, -0.2) is 4.98 Å². The molecular formula is C26H24N6O4S. The summed E-state index contributed by atoms with van der Waals surface area (Å²) in [6.45, 7) is 1.55. The van der Waals surface area contributed by atoms with E-state index < -0.39 is 6.10 Å². The van der Waals surface area contributed by atoms with E-state index >= 15 is 0 Å². The van der Waals surface area contributed by atoms with E-state index in [1.165, 1.54) is 11.3 Å². The molecule has 188 valence electrons. The second-order valence-corrected chi connectivity index (χ2v) is 9.86. The van der Waals surface area contributed by atoms with E-state index in [1.54, 1.807) is 41.7 Å². The number of amides is 2. The van der Waals surface area contributed by atoms with Gasteiger partial charge in [-0.05, 0) is 42.8 Å². The maximum atomic E-state index is 12.9. The van der Waals surface area contributed by atoms with Gasteiger partial charge in [0.15, 0.2) is 17.1 Å². The highest BCUT2D eigenvalue weighted by Crippen LogP contribution is 2.31. The van der Waals surface area contributed by atoms with Gasteiger partial charge in [-0.3, -0.25) is 14.9 Å². The molecule has 0 aliphatic carbocycles. The van der Waals surface area contributed by atoms with Crippen LogP contribution in [0, 0.1) is 0 Å². The van der Waals surface area contributed by atoms with Crippen LogP contribution in [0.5, 0.6) is 17.2 Å². The summed E-state index contributed by atoms with van der Waals surface area (Å²) in [7, 11) is 1.75. The highest BCUT2D eigenvalue weighted by Gasteiger charge is 2.31. The molecule has 2 aliphatic heterocycles. The summed E-state index contributed by atoms with van der Waals surface area (Å²) < 4.78 is 14.2. The number of fused-ring (bicyclic) bond motifs is 1. The van der Waals surface area contributed by atoms with E-state index in [9.17, 15) is 9.59 Å². The first-order chi connectivity index (χ1) is 18.0. The van der Waals surface area contributed by atoms with Crippen LogP contribution in [0.2, 0.25) is 0 Å². The molecule has 11 heteroatoms. The lowest BCUT2D eigenvalue weighted by Crippen LogP contribution is -2.29. The van der Waals surface area contributed by atoms with Crippen molar-refractivity contribution < 1.29 is 19.1 Å². The second-order valence-electron chi connectivity index (χ2n) is 8.96. The van der Waals surface area contributed by atoms with Gasteiger partial charge in [0.25, 0.3) is 11.8 Å². The summed E-state index contributed by atoms with van der Waals surface area (Å²) in [6, 6.07) is 12.5. The van der Waals surface area contributed by atoms with Crippen molar-refractivity contribution in [3.63, 3.8) is 0 Å². The number of anilines is 1. The number of aryl methyl sites for hydroxylation is 1. The van der Waals surface area contributed by atoms with Gasteiger partial charge in [-0.2, -0.15) is 0 Å². The van der Waals surface area contributed by atoms with Crippen molar-refractivity contribution >= 4 is 28.3 Å². The highest BCUT2D eigenvalue weighted by molar-refractivity contribution is 7.13. The largest absolute Gasteiger partial charge is 0.480 e. The fourth-order valence-electron chi connectivity index (χ4n) is 4.52. The van der Waals surface area contributed by atoms with Gasteiger partial charge in [0.1, 0.15) is 23.1 Å². The summed E-state index contributed by atoms with van der Waals surface area (Å²) in [5, 5.41) is 13.7. The Kier molecular flexibility index (Phi) is 6.05. The fraction of sp³-hybridized carbons (Fsp3) is 0.269. The number of nitrogens with zero attached hydrogens (tertiary/aromatic N) is 5. The molecule has 0 bridgehead atoms. The number of thiazole rings is 1. The molecule has 2 aliphatic rings. The smallest absolute Gasteiger partial charge is 0.263 e. The van der Waals surface area contributed by atoms with Crippen LogP contribution in [0.15, 0.2) is 54.0 Å². The third-order valence-electron chi connectivity index (χ3n) is 6.41. The molecule has 1 saturated heterocycles. The predicted octanol–water partition coefficient (Wildman–Crippen LogP) is 4.00. The monoisotopic (exact) mass is 516 g/mol. The summed E-state index contributed by atoms with van der Waals surface area (Å²) in [4.78, 5) is 31.1. The number of likely N-dealkylation sites (N-methyl/N-ethyl adjacent to an activating group) is 1. The third-order valence-corrected chi connectivity index (χ3v) is 7.10.